The number of sulfone groups is 1. The highest BCUT2D eigenvalue weighted by Crippen LogP contribution is 2.41. The van der Waals surface area contributed by atoms with Gasteiger partial charge in [-0.1, -0.05) is 36.7 Å². The van der Waals surface area contributed by atoms with Gasteiger partial charge in [-0.25, -0.2) is 8.42 Å². The average molecular weight is 605 g/mol. The molecule has 3 aromatic carbocycles. The topological polar surface area (TPSA) is 88.4 Å². The van der Waals surface area contributed by atoms with E-state index in [0.29, 0.717) is 16.8 Å². The van der Waals surface area contributed by atoms with Crippen LogP contribution in [0.15, 0.2) is 71.6 Å². The summed E-state index contributed by atoms with van der Waals surface area (Å²) >= 11 is 5.86. The Kier molecular flexibility index (Phi) is 7.93. The second-order valence-electron chi connectivity index (χ2n) is 10.2. The molecule has 1 saturated carbocycles. The SMILES string of the molecule is CCS(=O)(=O)c1ccc(C(CO)NC(=O)c2ccc3c(c2)cc(Cc2ccc(Cl)cc2C(F)(F)F)n3C2CC2)cc1. The van der Waals surface area contributed by atoms with E-state index in [-0.39, 0.29) is 33.7 Å². The Balaban J connectivity index is 1.42. The first-order valence-corrected chi connectivity index (χ1v) is 15.2. The summed E-state index contributed by atoms with van der Waals surface area (Å²) in [5, 5.41) is 13.5. The molecule has 2 N–H and O–H groups in total. The number of nitrogens with zero attached hydrogens (tertiary/aromatic N) is 1. The van der Waals surface area contributed by atoms with Gasteiger partial charge in [0.2, 0.25) is 0 Å². The molecule has 0 saturated heterocycles. The van der Waals surface area contributed by atoms with Crippen LogP contribution in [0.4, 0.5) is 13.2 Å². The van der Waals surface area contributed by atoms with E-state index in [0.717, 1.165) is 29.8 Å². The van der Waals surface area contributed by atoms with E-state index in [1.807, 2.05) is 10.6 Å². The quantitative estimate of drug-likeness (QED) is 0.228. The first-order valence-electron chi connectivity index (χ1n) is 13.1. The van der Waals surface area contributed by atoms with Crippen LogP contribution in [0.2, 0.25) is 5.02 Å². The molecule has 1 amide bonds. The number of amides is 1. The first-order chi connectivity index (χ1) is 19.4. The van der Waals surface area contributed by atoms with Crippen LogP contribution < -0.4 is 5.32 Å². The van der Waals surface area contributed by atoms with E-state index in [1.165, 1.54) is 24.3 Å². The van der Waals surface area contributed by atoms with Gasteiger partial charge in [0.05, 0.1) is 28.9 Å². The molecular weight excluding hydrogens is 577 g/mol. The lowest BCUT2D eigenvalue weighted by Gasteiger charge is -2.17. The zero-order valence-electron chi connectivity index (χ0n) is 22.1. The summed E-state index contributed by atoms with van der Waals surface area (Å²) in [4.78, 5) is 13.3. The number of aliphatic hydroxyl groups is 1. The molecule has 1 aromatic heterocycles. The highest BCUT2D eigenvalue weighted by atomic mass is 35.5. The van der Waals surface area contributed by atoms with Crippen molar-refractivity contribution in [2.45, 2.75) is 49.3 Å². The van der Waals surface area contributed by atoms with Crippen molar-refractivity contribution in [1.29, 1.82) is 0 Å². The summed E-state index contributed by atoms with van der Waals surface area (Å²) in [7, 11) is -3.38. The van der Waals surface area contributed by atoms with Gasteiger partial charge in [-0.15, -0.1) is 0 Å². The van der Waals surface area contributed by atoms with E-state index in [2.05, 4.69) is 5.32 Å². The third-order valence-corrected chi connectivity index (χ3v) is 9.34. The molecule has 0 aliphatic heterocycles. The zero-order chi connectivity index (χ0) is 29.5. The Hall–Kier alpha value is -3.34. The van der Waals surface area contributed by atoms with Crippen LogP contribution in [-0.2, 0) is 22.4 Å². The Morgan fingerprint density at radius 2 is 1.78 bits per heavy atom. The summed E-state index contributed by atoms with van der Waals surface area (Å²) < 4.78 is 67.5. The minimum absolute atomic E-state index is 0.0163. The highest BCUT2D eigenvalue weighted by molar-refractivity contribution is 7.91. The molecule has 216 valence electrons. The molecule has 4 aromatic rings. The van der Waals surface area contributed by atoms with Crippen LogP contribution in [0.1, 0.15) is 64.6 Å². The average Bonchev–Trinajstić information content (AvgIpc) is 3.72. The number of nitrogens with one attached hydrogen (secondary N) is 1. The van der Waals surface area contributed by atoms with E-state index in [1.54, 1.807) is 37.3 Å². The van der Waals surface area contributed by atoms with Gasteiger partial charge in [0.15, 0.2) is 9.84 Å². The fraction of sp³-hybridized carbons (Fsp3) is 0.300. The molecule has 5 rings (SSSR count). The van der Waals surface area contributed by atoms with Crippen molar-refractivity contribution >= 4 is 38.2 Å². The monoisotopic (exact) mass is 604 g/mol. The molecule has 0 bridgehead atoms. The Morgan fingerprint density at radius 1 is 1.07 bits per heavy atom. The molecule has 41 heavy (non-hydrogen) atoms. The maximum absolute atomic E-state index is 13.7. The van der Waals surface area contributed by atoms with Crippen molar-refractivity contribution < 1.29 is 31.5 Å². The van der Waals surface area contributed by atoms with Crippen LogP contribution in [-0.4, -0.2) is 36.4 Å². The minimum Gasteiger partial charge on any atom is -0.394 e. The summed E-state index contributed by atoms with van der Waals surface area (Å²) in [5.41, 5.74) is 1.75. The van der Waals surface area contributed by atoms with Crippen LogP contribution in [0, 0.1) is 0 Å². The third-order valence-electron chi connectivity index (χ3n) is 7.35. The predicted molar refractivity (Wildman–Crippen MR) is 151 cm³/mol. The molecule has 11 heteroatoms. The van der Waals surface area contributed by atoms with E-state index in [9.17, 15) is 31.5 Å². The maximum Gasteiger partial charge on any atom is 0.416 e. The van der Waals surface area contributed by atoms with Crippen molar-refractivity contribution in [2.75, 3.05) is 12.4 Å². The van der Waals surface area contributed by atoms with Gasteiger partial charge in [0, 0.05) is 39.6 Å². The van der Waals surface area contributed by atoms with E-state index >= 15 is 0 Å². The number of aliphatic hydroxyl groups excluding tert-OH is 1. The fourth-order valence-corrected chi connectivity index (χ4v) is 6.10. The van der Waals surface area contributed by atoms with Crippen molar-refractivity contribution in [3.05, 3.63) is 99.7 Å². The van der Waals surface area contributed by atoms with Crippen molar-refractivity contribution in [3.63, 3.8) is 0 Å². The lowest BCUT2D eigenvalue weighted by molar-refractivity contribution is -0.138. The van der Waals surface area contributed by atoms with Gasteiger partial charge in [0.1, 0.15) is 0 Å². The minimum atomic E-state index is -4.55. The summed E-state index contributed by atoms with van der Waals surface area (Å²) in [6.07, 6.45) is -2.66. The molecule has 1 fully saturated rings. The number of hydrogen-bond donors (Lipinski definition) is 2. The number of carbonyl (C=O) groups excluding carboxylic acids is 1. The van der Waals surface area contributed by atoms with Crippen LogP contribution >= 0.6 is 11.6 Å². The van der Waals surface area contributed by atoms with Gasteiger partial charge in [0.25, 0.3) is 5.91 Å². The Morgan fingerprint density at radius 3 is 2.39 bits per heavy atom. The molecule has 0 spiro atoms. The fourth-order valence-electron chi connectivity index (χ4n) is 5.05. The molecule has 0 radical (unpaired) electrons. The Bertz CT molecular complexity index is 1710. The van der Waals surface area contributed by atoms with Crippen LogP contribution in [0.3, 0.4) is 0 Å². The first kappa shape index (κ1) is 29.2. The van der Waals surface area contributed by atoms with Crippen molar-refractivity contribution in [3.8, 4) is 0 Å². The van der Waals surface area contributed by atoms with Crippen molar-refractivity contribution in [1.82, 2.24) is 9.88 Å². The van der Waals surface area contributed by atoms with Gasteiger partial charge in [-0.3, -0.25) is 4.79 Å². The number of rotatable bonds is 9. The molecule has 1 unspecified atom stereocenters. The Labute approximate surface area is 240 Å². The second kappa shape index (κ2) is 11.2. The van der Waals surface area contributed by atoms with Crippen LogP contribution in [0.5, 0.6) is 0 Å². The number of aromatic nitrogens is 1. The number of halogens is 4. The lowest BCUT2D eigenvalue weighted by atomic mass is 10.0. The zero-order valence-corrected chi connectivity index (χ0v) is 23.7. The summed E-state index contributed by atoms with van der Waals surface area (Å²) in [6.45, 7) is 1.15. The molecule has 1 aliphatic carbocycles. The second-order valence-corrected chi connectivity index (χ2v) is 12.9. The van der Waals surface area contributed by atoms with Gasteiger partial charge < -0.3 is 15.0 Å². The maximum atomic E-state index is 13.7. The van der Waals surface area contributed by atoms with Gasteiger partial charge >= 0.3 is 6.18 Å². The predicted octanol–water partition coefficient (Wildman–Crippen LogP) is 6.50. The molecule has 1 heterocycles. The number of fused-ring (bicyclic) bond motifs is 1. The van der Waals surface area contributed by atoms with E-state index < -0.39 is 40.1 Å². The normalized spacial score (nSPS) is 14.8. The molecule has 1 aliphatic rings. The van der Waals surface area contributed by atoms with E-state index in [4.69, 9.17) is 11.6 Å². The van der Waals surface area contributed by atoms with Gasteiger partial charge in [-0.2, -0.15) is 13.2 Å². The largest absolute Gasteiger partial charge is 0.416 e. The van der Waals surface area contributed by atoms with Crippen molar-refractivity contribution in [2.24, 2.45) is 0 Å². The third kappa shape index (κ3) is 6.14. The number of alkyl halides is 3. The summed E-state index contributed by atoms with van der Waals surface area (Å²) in [6, 6.07) is 16.1. The standard InChI is InChI=1S/C30H28ClF3N2O4S/c1-2-41(39,40)25-10-4-18(5-11-25)27(17-37)35-29(38)20-6-12-28-21(13-20)15-24(36(28)23-8-9-23)14-19-3-7-22(31)16-26(19)30(32,33)34/h3-7,10-13,15-16,23,27,37H,2,8-9,14,17H2,1H3,(H,35,38). The summed E-state index contributed by atoms with van der Waals surface area (Å²) in [5.74, 6) is -0.489. The molecule has 1 atom stereocenters. The molecule has 6 nitrogen and oxygen atoms in total. The lowest BCUT2D eigenvalue weighted by Crippen LogP contribution is -2.30. The molecular formula is C30H28ClF3N2O4S. The number of benzene rings is 3. The highest BCUT2D eigenvalue weighted by Gasteiger charge is 2.34. The van der Waals surface area contributed by atoms with Gasteiger partial charge in [-0.05, 0) is 72.5 Å². The smallest absolute Gasteiger partial charge is 0.394 e. The number of hydrogen-bond acceptors (Lipinski definition) is 4. The van der Waals surface area contributed by atoms with Crippen LogP contribution in [0.25, 0.3) is 10.9 Å². The number of carbonyl (C=O) groups is 1.